The number of ether oxygens (including phenoxy) is 3. The van der Waals surface area contributed by atoms with Crippen molar-refractivity contribution in [1.29, 1.82) is 0 Å². The van der Waals surface area contributed by atoms with Gasteiger partial charge in [-0.3, -0.25) is 14.9 Å². The van der Waals surface area contributed by atoms with Crippen LogP contribution in [0.25, 0.3) is 0 Å². The zero-order valence-electron chi connectivity index (χ0n) is 12.5. The fourth-order valence-electron chi connectivity index (χ4n) is 1.58. The van der Waals surface area contributed by atoms with Crippen LogP contribution in [0.15, 0.2) is 18.2 Å². The highest BCUT2D eigenvalue weighted by Crippen LogP contribution is 2.30. The van der Waals surface area contributed by atoms with E-state index in [-0.39, 0.29) is 23.7 Å². The number of benzene rings is 1. The number of aliphatic carboxylic acids is 1. The molecule has 10 heteroatoms. The molecule has 10 nitrogen and oxygen atoms in total. The monoisotopic (exact) mass is 328 g/mol. The Hall–Kier alpha value is -2.88. The van der Waals surface area contributed by atoms with Gasteiger partial charge in [0.1, 0.15) is 5.75 Å². The first-order chi connectivity index (χ1) is 10.9. The van der Waals surface area contributed by atoms with Gasteiger partial charge in [0.15, 0.2) is 12.7 Å². The number of carboxylic acid groups (broad SMARTS) is 1. The third-order valence-corrected chi connectivity index (χ3v) is 2.76. The van der Waals surface area contributed by atoms with Gasteiger partial charge in [-0.25, -0.2) is 4.79 Å². The Kier molecular flexibility index (Phi) is 6.74. The van der Waals surface area contributed by atoms with Gasteiger partial charge in [-0.1, -0.05) is 0 Å². The van der Waals surface area contributed by atoms with E-state index in [1.54, 1.807) is 0 Å². The van der Waals surface area contributed by atoms with E-state index in [9.17, 15) is 19.7 Å². The molecule has 2 N–H and O–H groups in total. The van der Waals surface area contributed by atoms with Crippen molar-refractivity contribution >= 4 is 17.6 Å². The maximum Gasteiger partial charge on any atom is 0.334 e. The molecule has 0 aliphatic carbocycles. The van der Waals surface area contributed by atoms with E-state index in [0.717, 1.165) is 0 Å². The Bertz CT molecular complexity index is 589. The molecule has 0 radical (unpaired) electrons. The van der Waals surface area contributed by atoms with Crippen molar-refractivity contribution in [3.05, 3.63) is 28.3 Å². The Morgan fingerprint density at radius 3 is 2.61 bits per heavy atom. The summed E-state index contributed by atoms with van der Waals surface area (Å²) in [4.78, 5) is 32.4. The summed E-state index contributed by atoms with van der Waals surface area (Å²) in [5.74, 6) is -1.57. The maximum absolute atomic E-state index is 11.6. The standard InChI is InChI=1S/C13H16N2O8/c1-21-10-5-8(3-4-9(10)15(19)20)23-7-12(16)14-6-11(22-2)13(17)18/h3-5,11H,6-7H2,1-2H3,(H,14,16)(H,17,18). The van der Waals surface area contributed by atoms with Crippen LogP contribution in [0.2, 0.25) is 0 Å². The molecule has 0 aliphatic heterocycles. The molecule has 0 bridgehead atoms. The summed E-state index contributed by atoms with van der Waals surface area (Å²) in [7, 11) is 2.49. The Morgan fingerprint density at radius 1 is 1.39 bits per heavy atom. The SMILES string of the molecule is COc1cc(OCC(=O)NCC(OC)C(=O)O)ccc1[N+](=O)[O-]. The number of hydrogen-bond donors (Lipinski definition) is 2. The second-order valence-electron chi connectivity index (χ2n) is 4.25. The van der Waals surface area contributed by atoms with E-state index in [4.69, 9.17) is 14.6 Å². The van der Waals surface area contributed by atoms with Crippen LogP contribution < -0.4 is 14.8 Å². The molecule has 1 unspecified atom stereocenters. The normalized spacial score (nSPS) is 11.4. The number of amides is 1. The first kappa shape index (κ1) is 18.2. The van der Waals surface area contributed by atoms with Gasteiger partial charge in [0, 0.05) is 19.2 Å². The summed E-state index contributed by atoms with van der Waals surface area (Å²) in [5, 5.41) is 21.8. The lowest BCUT2D eigenvalue weighted by atomic mass is 10.3. The van der Waals surface area contributed by atoms with E-state index in [0.29, 0.717) is 0 Å². The number of nitro groups is 1. The quantitative estimate of drug-likeness (QED) is 0.484. The van der Waals surface area contributed by atoms with E-state index < -0.39 is 29.5 Å². The highest BCUT2D eigenvalue weighted by atomic mass is 16.6. The molecule has 126 valence electrons. The Morgan fingerprint density at radius 2 is 2.09 bits per heavy atom. The largest absolute Gasteiger partial charge is 0.490 e. The molecule has 1 amide bonds. The van der Waals surface area contributed by atoms with Gasteiger partial charge in [0.2, 0.25) is 5.75 Å². The minimum Gasteiger partial charge on any atom is -0.490 e. The zero-order chi connectivity index (χ0) is 17.4. The molecule has 1 aromatic carbocycles. The van der Waals surface area contributed by atoms with E-state index in [1.807, 2.05) is 0 Å². The summed E-state index contributed by atoms with van der Waals surface area (Å²) in [6, 6.07) is 3.79. The van der Waals surface area contributed by atoms with Crippen molar-refractivity contribution in [3.8, 4) is 11.5 Å². The van der Waals surface area contributed by atoms with E-state index >= 15 is 0 Å². The molecule has 0 aliphatic rings. The van der Waals surface area contributed by atoms with E-state index in [2.05, 4.69) is 10.1 Å². The van der Waals surface area contributed by atoms with E-state index in [1.165, 1.54) is 32.4 Å². The number of nitrogens with one attached hydrogen (secondary N) is 1. The van der Waals surface area contributed by atoms with Crippen LogP contribution in [0.3, 0.4) is 0 Å². The molecule has 0 fully saturated rings. The van der Waals surface area contributed by atoms with Gasteiger partial charge < -0.3 is 24.6 Å². The minimum absolute atomic E-state index is 0.00164. The number of hydrogen-bond acceptors (Lipinski definition) is 7. The summed E-state index contributed by atoms with van der Waals surface area (Å²) in [5.41, 5.74) is -0.228. The number of carboxylic acids is 1. The molecule has 23 heavy (non-hydrogen) atoms. The molecular formula is C13H16N2O8. The molecule has 1 atom stereocenters. The predicted molar refractivity (Wildman–Crippen MR) is 76.6 cm³/mol. The van der Waals surface area contributed by atoms with Gasteiger partial charge in [-0.15, -0.1) is 0 Å². The molecule has 0 heterocycles. The summed E-state index contributed by atoms with van der Waals surface area (Å²) in [6.07, 6.45) is -1.15. The zero-order valence-corrected chi connectivity index (χ0v) is 12.5. The van der Waals surface area contributed by atoms with Crippen molar-refractivity contribution in [2.75, 3.05) is 27.4 Å². The summed E-state index contributed by atoms with van der Waals surface area (Å²) in [6.45, 7) is -0.603. The summed E-state index contributed by atoms with van der Waals surface area (Å²) >= 11 is 0. The fraction of sp³-hybridized carbons (Fsp3) is 0.385. The number of methoxy groups -OCH3 is 2. The highest BCUT2D eigenvalue weighted by molar-refractivity contribution is 5.79. The lowest BCUT2D eigenvalue weighted by Crippen LogP contribution is -2.39. The van der Waals surface area contributed by atoms with Crippen LogP contribution in [-0.2, 0) is 14.3 Å². The smallest absolute Gasteiger partial charge is 0.334 e. The third-order valence-electron chi connectivity index (χ3n) is 2.76. The number of carbonyl (C=O) groups is 2. The van der Waals surface area contributed by atoms with Crippen molar-refractivity contribution in [3.63, 3.8) is 0 Å². The maximum atomic E-state index is 11.6. The topological polar surface area (TPSA) is 137 Å². The summed E-state index contributed by atoms with van der Waals surface area (Å²) < 4.78 is 14.7. The van der Waals surface area contributed by atoms with Gasteiger partial charge >= 0.3 is 11.7 Å². The average Bonchev–Trinajstić information content (AvgIpc) is 2.52. The van der Waals surface area contributed by atoms with Gasteiger partial charge in [0.05, 0.1) is 18.6 Å². The molecule has 0 spiro atoms. The van der Waals surface area contributed by atoms with Crippen LogP contribution in [0, 0.1) is 10.1 Å². The average molecular weight is 328 g/mol. The number of carbonyl (C=O) groups excluding carboxylic acids is 1. The molecule has 1 aromatic rings. The van der Waals surface area contributed by atoms with Crippen LogP contribution in [0.4, 0.5) is 5.69 Å². The second kappa shape index (κ2) is 8.54. The molecular weight excluding hydrogens is 312 g/mol. The molecule has 0 aromatic heterocycles. The molecule has 0 saturated carbocycles. The van der Waals surface area contributed by atoms with Crippen molar-refractivity contribution in [2.24, 2.45) is 0 Å². The Labute approximate surface area is 131 Å². The third kappa shape index (κ3) is 5.43. The van der Waals surface area contributed by atoms with Crippen molar-refractivity contribution in [1.82, 2.24) is 5.32 Å². The molecule has 1 rings (SSSR count). The molecule has 0 saturated heterocycles. The van der Waals surface area contributed by atoms with Crippen molar-refractivity contribution < 1.29 is 33.8 Å². The second-order valence-corrected chi connectivity index (χ2v) is 4.25. The van der Waals surface area contributed by atoms with Gasteiger partial charge in [-0.05, 0) is 6.07 Å². The van der Waals surface area contributed by atoms with Crippen LogP contribution in [0.1, 0.15) is 0 Å². The lowest BCUT2D eigenvalue weighted by molar-refractivity contribution is -0.385. The van der Waals surface area contributed by atoms with Crippen LogP contribution >= 0.6 is 0 Å². The number of rotatable bonds is 9. The number of nitro benzene ring substituents is 1. The van der Waals surface area contributed by atoms with Gasteiger partial charge in [0.25, 0.3) is 5.91 Å². The Balaban J connectivity index is 2.56. The minimum atomic E-state index is -1.20. The first-order valence-electron chi connectivity index (χ1n) is 6.36. The van der Waals surface area contributed by atoms with Crippen LogP contribution in [-0.4, -0.2) is 55.4 Å². The number of nitrogens with zero attached hydrogens (tertiary/aromatic N) is 1. The highest BCUT2D eigenvalue weighted by Gasteiger charge is 2.18. The first-order valence-corrected chi connectivity index (χ1v) is 6.36. The van der Waals surface area contributed by atoms with Gasteiger partial charge in [-0.2, -0.15) is 0 Å². The predicted octanol–water partition coefficient (Wildman–Crippen LogP) is 0.198. The van der Waals surface area contributed by atoms with Crippen molar-refractivity contribution in [2.45, 2.75) is 6.10 Å². The fourth-order valence-corrected chi connectivity index (χ4v) is 1.58. The lowest BCUT2D eigenvalue weighted by Gasteiger charge is -2.12. The van der Waals surface area contributed by atoms with Crippen LogP contribution in [0.5, 0.6) is 11.5 Å².